The van der Waals surface area contributed by atoms with Gasteiger partial charge in [0.05, 0.1) is 0 Å². The average molecular weight is 251 g/mol. The summed E-state index contributed by atoms with van der Waals surface area (Å²) in [7, 11) is 0. The Morgan fingerprint density at radius 2 is 2.00 bits per heavy atom. The number of benzene rings is 1. The highest BCUT2D eigenvalue weighted by Crippen LogP contribution is 2.25. The second kappa shape index (κ2) is 5.00. The molecule has 0 aliphatic rings. The first-order chi connectivity index (χ1) is 8.59. The van der Waals surface area contributed by atoms with E-state index < -0.39 is 23.6 Å². The average Bonchev–Trinajstić information content (AvgIpc) is 2.39. The van der Waals surface area contributed by atoms with Crippen LogP contribution in [-0.2, 0) is 0 Å². The Balaban J connectivity index is 2.48. The highest BCUT2D eigenvalue weighted by Gasteiger charge is 2.20. The quantitative estimate of drug-likeness (QED) is 0.782. The Bertz CT molecular complexity index is 570. The van der Waals surface area contributed by atoms with Gasteiger partial charge in [-0.1, -0.05) is 0 Å². The van der Waals surface area contributed by atoms with Crippen molar-refractivity contribution in [3.63, 3.8) is 0 Å². The van der Waals surface area contributed by atoms with E-state index in [0.29, 0.717) is 6.07 Å². The van der Waals surface area contributed by atoms with Crippen molar-refractivity contribution in [1.29, 1.82) is 0 Å². The van der Waals surface area contributed by atoms with Gasteiger partial charge in [-0.25, -0.2) is 13.2 Å². The minimum absolute atomic E-state index is 0.186. The number of ketones is 1. The van der Waals surface area contributed by atoms with Crippen molar-refractivity contribution in [2.75, 3.05) is 0 Å². The molecule has 0 atom stereocenters. The molecule has 0 bridgehead atoms. The predicted octanol–water partition coefficient (Wildman–Crippen LogP) is 3.39. The number of carbonyl (C=O) groups excluding carboxylic acids is 1. The van der Waals surface area contributed by atoms with Crippen molar-refractivity contribution >= 4 is 5.78 Å². The molecule has 2 aromatic rings. The third-order valence-corrected chi connectivity index (χ3v) is 2.42. The molecule has 1 aromatic heterocycles. The van der Waals surface area contributed by atoms with Crippen molar-refractivity contribution < 1.29 is 18.0 Å². The van der Waals surface area contributed by atoms with E-state index in [4.69, 9.17) is 0 Å². The summed E-state index contributed by atoms with van der Waals surface area (Å²) in [5.74, 6) is -1.40. The van der Waals surface area contributed by atoms with Gasteiger partial charge in [0.25, 0.3) is 6.43 Å². The zero-order valence-corrected chi connectivity index (χ0v) is 9.11. The molecule has 1 heterocycles. The molecule has 0 spiro atoms. The van der Waals surface area contributed by atoms with Crippen LogP contribution in [0.25, 0.3) is 0 Å². The van der Waals surface area contributed by atoms with Gasteiger partial charge in [-0.05, 0) is 30.3 Å². The van der Waals surface area contributed by atoms with Crippen LogP contribution in [0.3, 0.4) is 0 Å². The minimum atomic E-state index is -2.91. The Hall–Kier alpha value is -2.17. The molecular formula is C13H8F3NO. The lowest BCUT2D eigenvalue weighted by Crippen LogP contribution is -2.06. The second-order valence-electron chi connectivity index (χ2n) is 3.60. The van der Waals surface area contributed by atoms with Gasteiger partial charge < -0.3 is 0 Å². The number of hydrogen-bond donors (Lipinski definition) is 0. The minimum Gasteiger partial charge on any atom is -0.289 e. The summed E-state index contributed by atoms with van der Waals surface area (Å²) in [6.45, 7) is 0. The van der Waals surface area contributed by atoms with Gasteiger partial charge in [0.2, 0.25) is 0 Å². The smallest absolute Gasteiger partial charge is 0.264 e. The number of aromatic nitrogens is 1. The van der Waals surface area contributed by atoms with Gasteiger partial charge in [0.15, 0.2) is 5.78 Å². The zero-order chi connectivity index (χ0) is 13.1. The van der Waals surface area contributed by atoms with Gasteiger partial charge in [0.1, 0.15) is 5.82 Å². The Kier molecular flexibility index (Phi) is 3.41. The van der Waals surface area contributed by atoms with E-state index in [2.05, 4.69) is 4.98 Å². The predicted molar refractivity (Wildman–Crippen MR) is 59.0 cm³/mol. The molecule has 5 heteroatoms. The van der Waals surface area contributed by atoms with Gasteiger partial charge >= 0.3 is 0 Å². The maximum absolute atomic E-state index is 12.9. The topological polar surface area (TPSA) is 30.0 Å². The van der Waals surface area contributed by atoms with Crippen LogP contribution in [-0.4, -0.2) is 10.8 Å². The highest BCUT2D eigenvalue weighted by molar-refractivity contribution is 6.09. The molecule has 0 aliphatic carbocycles. The van der Waals surface area contributed by atoms with Crippen LogP contribution in [0.1, 0.15) is 27.9 Å². The maximum atomic E-state index is 12.9. The molecule has 92 valence electrons. The molecule has 2 rings (SSSR count). The summed E-state index contributed by atoms with van der Waals surface area (Å²) in [6.07, 6.45) is -0.160. The van der Waals surface area contributed by atoms with Crippen molar-refractivity contribution in [3.8, 4) is 0 Å². The fourth-order valence-corrected chi connectivity index (χ4v) is 1.57. The first kappa shape index (κ1) is 12.3. The van der Waals surface area contributed by atoms with Crippen LogP contribution in [0.15, 0.2) is 42.7 Å². The summed E-state index contributed by atoms with van der Waals surface area (Å²) in [5.41, 5.74) is -0.630. The number of hydrogen-bond acceptors (Lipinski definition) is 2. The van der Waals surface area contributed by atoms with E-state index >= 15 is 0 Å². The van der Waals surface area contributed by atoms with Crippen molar-refractivity contribution in [2.45, 2.75) is 6.43 Å². The Morgan fingerprint density at radius 3 is 2.61 bits per heavy atom. The van der Waals surface area contributed by atoms with E-state index in [1.54, 1.807) is 0 Å². The van der Waals surface area contributed by atoms with Gasteiger partial charge in [0, 0.05) is 29.1 Å². The first-order valence-corrected chi connectivity index (χ1v) is 5.12. The number of nitrogens with zero attached hydrogens (tertiary/aromatic N) is 1. The van der Waals surface area contributed by atoms with E-state index in [9.17, 15) is 18.0 Å². The van der Waals surface area contributed by atoms with Crippen LogP contribution in [0.2, 0.25) is 0 Å². The van der Waals surface area contributed by atoms with E-state index in [1.165, 1.54) is 24.5 Å². The lowest BCUT2D eigenvalue weighted by atomic mass is 9.99. The fourth-order valence-electron chi connectivity index (χ4n) is 1.57. The monoisotopic (exact) mass is 251 g/mol. The molecule has 0 N–H and O–H groups in total. The van der Waals surface area contributed by atoms with Crippen LogP contribution >= 0.6 is 0 Å². The fraction of sp³-hybridized carbons (Fsp3) is 0.0769. The molecule has 0 fully saturated rings. The molecule has 0 saturated carbocycles. The van der Waals surface area contributed by atoms with Crippen molar-refractivity contribution in [2.24, 2.45) is 0 Å². The van der Waals surface area contributed by atoms with Crippen molar-refractivity contribution in [3.05, 3.63) is 65.2 Å². The molecule has 0 amide bonds. The Morgan fingerprint density at radius 1 is 1.22 bits per heavy atom. The van der Waals surface area contributed by atoms with Gasteiger partial charge in [-0.3, -0.25) is 9.78 Å². The molecule has 0 saturated heterocycles. The lowest BCUT2D eigenvalue weighted by molar-refractivity contribution is 0.102. The van der Waals surface area contributed by atoms with Crippen LogP contribution in [0.5, 0.6) is 0 Å². The SMILES string of the molecule is O=C(c1cccnc1)c1ccc(F)cc1C(F)F. The largest absolute Gasteiger partial charge is 0.289 e. The number of halogens is 3. The summed E-state index contributed by atoms with van der Waals surface area (Å²) >= 11 is 0. The number of rotatable bonds is 3. The molecule has 0 aliphatic heterocycles. The number of alkyl halides is 2. The summed E-state index contributed by atoms with van der Waals surface area (Å²) in [4.78, 5) is 15.7. The summed E-state index contributed by atoms with van der Waals surface area (Å²) < 4.78 is 38.4. The Labute approximate surface area is 101 Å². The maximum Gasteiger partial charge on any atom is 0.264 e. The normalized spacial score (nSPS) is 10.7. The van der Waals surface area contributed by atoms with E-state index in [0.717, 1.165) is 12.1 Å². The molecular weight excluding hydrogens is 243 g/mol. The van der Waals surface area contributed by atoms with Gasteiger partial charge in [-0.2, -0.15) is 0 Å². The molecule has 0 unspecified atom stereocenters. The highest BCUT2D eigenvalue weighted by atomic mass is 19.3. The first-order valence-electron chi connectivity index (χ1n) is 5.12. The summed E-state index contributed by atoms with van der Waals surface area (Å²) in [6, 6.07) is 5.71. The second-order valence-corrected chi connectivity index (χ2v) is 3.60. The van der Waals surface area contributed by atoms with Crippen LogP contribution in [0, 0.1) is 5.82 Å². The molecule has 0 radical (unpaired) electrons. The lowest BCUT2D eigenvalue weighted by Gasteiger charge is -2.07. The van der Waals surface area contributed by atoms with Gasteiger partial charge in [-0.15, -0.1) is 0 Å². The zero-order valence-electron chi connectivity index (χ0n) is 9.11. The third-order valence-electron chi connectivity index (χ3n) is 2.42. The van der Waals surface area contributed by atoms with Crippen LogP contribution in [0.4, 0.5) is 13.2 Å². The van der Waals surface area contributed by atoms with E-state index in [-0.39, 0.29) is 11.1 Å². The molecule has 2 nitrogen and oxygen atoms in total. The van der Waals surface area contributed by atoms with Crippen LogP contribution < -0.4 is 0 Å². The van der Waals surface area contributed by atoms with E-state index in [1.807, 2.05) is 0 Å². The number of pyridine rings is 1. The number of carbonyl (C=O) groups is 1. The summed E-state index contributed by atoms with van der Waals surface area (Å²) in [5, 5.41) is 0. The third kappa shape index (κ3) is 2.40. The standard InChI is InChI=1S/C13H8F3NO/c14-9-3-4-10(11(6-9)13(15)16)12(18)8-2-1-5-17-7-8/h1-7,13H. The molecule has 1 aromatic carbocycles. The molecule has 18 heavy (non-hydrogen) atoms. The van der Waals surface area contributed by atoms with Crippen molar-refractivity contribution in [1.82, 2.24) is 4.98 Å².